The smallest absolute Gasteiger partial charge is 0.0896 e. The van der Waals surface area contributed by atoms with E-state index in [0.717, 1.165) is 26.1 Å². The van der Waals surface area contributed by atoms with Crippen molar-refractivity contribution in [3.8, 4) is 0 Å². The Morgan fingerprint density at radius 2 is 1.28 bits per heavy atom. The van der Waals surface area contributed by atoms with Crippen LogP contribution < -0.4 is 0 Å². The SMILES string of the molecule is CCN(CC)C(Br)=C(C)P=Nc1c(C(C)(C)C)cc(C(C)(C)C)cc1C(C)(C)C. The maximum absolute atomic E-state index is 5.19. The second-order valence-corrected chi connectivity index (χ2v) is 12.7. The molecular weight excluding hydrogens is 439 g/mol. The van der Waals surface area contributed by atoms with Gasteiger partial charge >= 0.3 is 0 Å². The molecule has 29 heavy (non-hydrogen) atoms. The number of rotatable bonds is 5. The fourth-order valence-corrected chi connectivity index (χ4v) is 4.64. The van der Waals surface area contributed by atoms with Gasteiger partial charge in [0.2, 0.25) is 0 Å². The van der Waals surface area contributed by atoms with Crippen molar-refractivity contribution in [1.82, 2.24) is 4.90 Å². The molecule has 0 fully saturated rings. The summed E-state index contributed by atoms with van der Waals surface area (Å²) in [4.78, 5) is 2.33. The van der Waals surface area contributed by atoms with Crippen LogP contribution in [-0.4, -0.2) is 18.0 Å². The Hall–Kier alpha value is -0.660. The predicted molar refractivity (Wildman–Crippen MR) is 136 cm³/mol. The first-order valence-electron chi connectivity index (χ1n) is 10.8. The lowest BCUT2D eigenvalue weighted by atomic mass is 9.74. The van der Waals surface area contributed by atoms with Crippen molar-refractivity contribution >= 4 is 30.0 Å². The molecular formula is C25H42BrN2P. The van der Waals surface area contributed by atoms with Gasteiger partial charge in [-0.3, -0.25) is 0 Å². The molecule has 0 heterocycles. The lowest BCUT2D eigenvalue weighted by Crippen LogP contribution is -2.21. The number of hydrogen-bond donors (Lipinski definition) is 0. The molecule has 0 bridgehead atoms. The molecule has 1 aromatic rings. The molecule has 0 radical (unpaired) electrons. The lowest BCUT2D eigenvalue weighted by Gasteiger charge is -2.32. The van der Waals surface area contributed by atoms with Gasteiger partial charge in [0.05, 0.1) is 10.3 Å². The lowest BCUT2D eigenvalue weighted by molar-refractivity contribution is 0.410. The van der Waals surface area contributed by atoms with Crippen LogP contribution in [0.15, 0.2) is 26.8 Å². The van der Waals surface area contributed by atoms with Gasteiger partial charge in [0.25, 0.3) is 0 Å². The van der Waals surface area contributed by atoms with Gasteiger partial charge in [-0.25, -0.2) is 4.74 Å². The van der Waals surface area contributed by atoms with Crippen molar-refractivity contribution in [2.45, 2.75) is 99.3 Å². The molecule has 4 heteroatoms. The van der Waals surface area contributed by atoms with Gasteiger partial charge in [-0.2, -0.15) is 0 Å². The van der Waals surface area contributed by atoms with Gasteiger partial charge in [0.15, 0.2) is 0 Å². The van der Waals surface area contributed by atoms with Gasteiger partial charge in [0.1, 0.15) is 0 Å². The van der Waals surface area contributed by atoms with E-state index in [-0.39, 0.29) is 16.2 Å². The van der Waals surface area contributed by atoms with Crippen molar-refractivity contribution < 1.29 is 0 Å². The van der Waals surface area contributed by atoms with Crippen molar-refractivity contribution in [1.29, 1.82) is 0 Å². The van der Waals surface area contributed by atoms with Crippen LogP contribution in [0.25, 0.3) is 0 Å². The molecule has 0 aliphatic rings. The molecule has 0 atom stereocenters. The summed E-state index contributed by atoms with van der Waals surface area (Å²) >= 11 is 3.80. The molecule has 0 unspecified atom stereocenters. The van der Waals surface area contributed by atoms with E-state index in [2.05, 4.69) is 116 Å². The van der Waals surface area contributed by atoms with Crippen LogP contribution >= 0.6 is 24.3 Å². The standard InChI is InChI=1S/C25H42BrN2P/c1-13-28(14-2)22(26)17(3)29-27-21-19(24(7,8)9)15-18(23(4,5)6)16-20(21)25(10,11)12/h15-16H,13-14H2,1-12H3. The van der Waals surface area contributed by atoms with Crippen molar-refractivity contribution in [2.75, 3.05) is 13.1 Å². The maximum atomic E-state index is 5.19. The molecule has 0 N–H and O–H groups in total. The summed E-state index contributed by atoms with van der Waals surface area (Å²) < 4.78 is 6.35. The fourth-order valence-electron chi connectivity index (χ4n) is 3.21. The number of hydrogen-bond acceptors (Lipinski definition) is 2. The van der Waals surface area contributed by atoms with E-state index in [9.17, 15) is 0 Å². The Kier molecular flexibility index (Phi) is 8.77. The summed E-state index contributed by atoms with van der Waals surface area (Å²) in [6, 6.07) is 4.78. The summed E-state index contributed by atoms with van der Waals surface area (Å²) in [7, 11) is 1.000. The highest BCUT2D eigenvalue weighted by Crippen LogP contribution is 2.45. The van der Waals surface area contributed by atoms with Crippen LogP contribution in [0, 0.1) is 0 Å². The third-order valence-corrected chi connectivity index (χ3v) is 7.45. The van der Waals surface area contributed by atoms with Gasteiger partial charge in [0, 0.05) is 26.8 Å². The highest BCUT2D eigenvalue weighted by molar-refractivity contribution is 9.11. The summed E-state index contributed by atoms with van der Waals surface area (Å²) in [5.41, 5.74) is 5.41. The van der Waals surface area contributed by atoms with Gasteiger partial charge in [-0.05, 0) is 69.6 Å². The van der Waals surface area contributed by atoms with Crippen molar-refractivity contribution in [3.63, 3.8) is 0 Å². The third-order valence-electron chi connectivity index (χ3n) is 5.23. The van der Waals surface area contributed by atoms with Gasteiger partial charge in [-0.15, -0.1) is 0 Å². The van der Waals surface area contributed by atoms with Crippen molar-refractivity contribution in [2.24, 2.45) is 4.74 Å². The van der Waals surface area contributed by atoms with E-state index in [4.69, 9.17) is 4.74 Å². The Bertz CT molecular complexity index is 732. The summed E-state index contributed by atoms with van der Waals surface area (Å²) in [6.45, 7) is 29.2. The highest BCUT2D eigenvalue weighted by Gasteiger charge is 2.29. The normalized spacial score (nSPS) is 14.4. The van der Waals surface area contributed by atoms with E-state index in [0.29, 0.717) is 0 Å². The van der Waals surface area contributed by atoms with Crippen LogP contribution in [0.5, 0.6) is 0 Å². The van der Waals surface area contributed by atoms with E-state index in [1.165, 1.54) is 27.7 Å². The first-order valence-corrected chi connectivity index (χ1v) is 12.4. The van der Waals surface area contributed by atoms with Gasteiger partial charge < -0.3 is 4.90 Å². The number of benzene rings is 1. The highest BCUT2D eigenvalue weighted by atomic mass is 79.9. The van der Waals surface area contributed by atoms with Crippen LogP contribution in [0.1, 0.15) is 99.8 Å². The summed E-state index contributed by atoms with van der Waals surface area (Å²) in [5, 5.41) is 1.24. The zero-order valence-corrected chi connectivity index (χ0v) is 23.3. The zero-order chi connectivity index (χ0) is 22.8. The minimum Gasteiger partial charge on any atom is -0.366 e. The molecule has 0 spiro atoms. The molecule has 1 aromatic carbocycles. The third kappa shape index (κ3) is 6.93. The molecule has 0 aliphatic heterocycles. The average molecular weight is 482 g/mol. The topological polar surface area (TPSA) is 15.6 Å². The Morgan fingerprint density at radius 3 is 1.59 bits per heavy atom. The van der Waals surface area contributed by atoms with E-state index in [1.807, 2.05) is 0 Å². The van der Waals surface area contributed by atoms with E-state index < -0.39 is 0 Å². The molecule has 2 nitrogen and oxygen atoms in total. The Morgan fingerprint density at radius 1 is 0.862 bits per heavy atom. The quantitative estimate of drug-likeness (QED) is 0.302. The largest absolute Gasteiger partial charge is 0.366 e. The Labute approximate surface area is 190 Å². The molecule has 0 amide bonds. The first-order chi connectivity index (χ1) is 13.0. The van der Waals surface area contributed by atoms with E-state index >= 15 is 0 Å². The number of halogens is 1. The molecule has 0 aromatic heterocycles. The predicted octanol–water partition coefficient (Wildman–Crippen LogP) is 9.27. The molecule has 0 saturated carbocycles. The number of allylic oxidation sites excluding steroid dienone is 1. The molecule has 0 aliphatic carbocycles. The monoisotopic (exact) mass is 480 g/mol. The molecule has 164 valence electrons. The number of nitrogens with zero attached hydrogens (tertiary/aromatic N) is 2. The molecule has 0 saturated heterocycles. The van der Waals surface area contributed by atoms with Crippen LogP contribution in [0.2, 0.25) is 0 Å². The van der Waals surface area contributed by atoms with E-state index in [1.54, 1.807) is 0 Å². The van der Waals surface area contributed by atoms with Crippen molar-refractivity contribution in [3.05, 3.63) is 38.7 Å². The minimum absolute atomic E-state index is 0.0311. The van der Waals surface area contributed by atoms with Crippen LogP contribution in [0.4, 0.5) is 5.69 Å². The zero-order valence-electron chi connectivity index (χ0n) is 20.8. The average Bonchev–Trinajstić information content (AvgIpc) is 2.57. The van der Waals surface area contributed by atoms with Crippen LogP contribution in [0.3, 0.4) is 0 Å². The summed E-state index contributed by atoms with van der Waals surface area (Å²) in [5.74, 6) is 0. The summed E-state index contributed by atoms with van der Waals surface area (Å²) in [6.07, 6.45) is 0. The maximum Gasteiger partial charge on any atom is 0.0896 e. The van der Waals surface area contributed by atoms with Crippen LogP contribution in [-0.2, 0) is 16.2 Å². The minimum atomic E-state index is 0.0311. The second-order valence-electron chi connectivity index (χ2n) is 10.9. The fraction of sp³-hybridized carbons (Fsp3) is 0.680. The Balaban J connectivity index is 3.78. The first kappa shape index (κ1) is 26.4. The van der Waals surface area contributed by atoms with Gasteiger partial charge in [-0.1, -0.05) is 74.4 Å². The molecule has 1 rings (SSSR count). The second kappa shape index (κ2) is 9.65.